The van der Waals surface area contributed by atoms with Crippen LogP contribution in [0.5, 0.6) is 0 Å². The van der Waals surface area contributed by atoms with Crippen molar-refractivity contribution in [2.45, 2.75) is 0 Å². The number of aromatic amines is 1. The predicted molar refractivity (Wildman–Crippen MR) is 62.7 cm³/mol. The first-order chi connectivity index (χ1) is 7.81. The number of hydrogen-bond donors (Lipinski definition) is 2. The SMILES string of the molecule is COCCNc1nc2ccccc2c(=O)[nH]1. The van der Waals surface area contributed by atoms with Gasteiger partial charge in [-0.15, -0.1) is 0 Å². The normalized spacial score (nSPS) is 10.6. The van der Waals surface area contributed by atoms with E-state index in [1.807, 2.05) is 18.2 Å². The number of fused-ring (bicyclic) bond motifs is 1. The van der Waals surface area contributed by atoms with Crippen LogP contribution < -0.4 is 10.9 Å². The lowest BCUT2D eigenvalue weighted by molar-refractivity contribution is 0.210. The number of benzene rings is 1. The molecule has 0 unspecified atom stereocenters. The molecule has 5 nitrogen and oxygen atoms in total. The second-order valence-corrected chi connectivity index (χ2v) is 3.35. The van der Waals surface area contributed by atoms with E-state index in [0.717, 1.165) is 0 Å². The van der Waals surface area contributed by atoms with Crippen molar-refractivity contribution in [2.75, 3.05) is 25.6 Å². The van der Waals surface area contributed by atoms with Crippen molar-refractivity contribution in [3.8, 4) is 0 Å². The number of methoxy groups -OCH3 is 1. The van der Waals surface area contributed by atoms with Crippen molar-refractivity contribution in [1.82, 2.24) is 9.97 Å². The summed E-state index contributed by atoms with van der Waals surface area (Å²) < 4.78 is 4.90. The smallest absolute Gasteiger partial charge is 0.260 e. The van der Waals surface area contributed by atoms with Gasteiger partial charge >= 0.3 is 0 Å². The van der Waals surface area contributed by atoms with Crippen LogP contribution in [0.4, 0.5) is 5.95 Å². The number of anilines is 1. The molecule has 0 aliphatic heterocycles. The zero-order valence-electron chi connectivity index (χ0n) is 8.99. The maximum atomic E-state index is 11.7. The first-order valence-corrected chi connectivity index (χ1v) is 5.03. The van der Waals surface area contributed by atoms with E-state index in [1.54, 1.807) is 13.2 Å². The van der Waals surface area contributed by atoms with Gasteiger partial charge in [-0.05, 0) is 12.1 Å². The van der Waals surface area contributed by atoms with Crippen LogP contribution in [-0.2, 0) is 4.74 Å². The Kier molecular flexibility index (Phi) is 3.16. The number of ether oxygens (including phenoxy) is 1. The minimum Gasteiger partial charge on any atom is -0.383 e. The molecule has 0 aliphatic rings. The molecule has 5 heteroatoms. The maximum absolute atomic E-state index is 11.7. The molecule has 0 amide bonds. The number of hydrogen-bond acceptors (Lipinski definition) is 4. The van der Waals surface area contributed by atoms with Crippen LogP contribution in [0, 0.1) is 0 Å². The third-order valence-electron chi connectivity index (χ3n) is 2.21. The average molecular weight is 219 g/mol. The van der Waals surface area contributed by atoms with Crippen LogP contribution in [0.1, 0.15) is 0 Å². The molecule has 0 atom stereocenters. The first-order valence-electron chi connectivity index (χ1n) is 5.03. The van der Waals surface area contributed by atoms with Gasteiger partial charge in [0.25, 0.3) is 5.56 Å². The van der Waals surface area contributed by atoms with Gasteiger partial charge in [0.05, 0.1) is 17.5 Å². The number of nitrogens with zero attached hydrogens (tertiary/aromatic N) is 1. The number of H-pyrrole nitrogens is 1. The number of nitrogens with one attached hydrogen (secondary N) is 2. The van der Waals surface area contributed by atoms with Crippen molar-refractivity contribution < 1.29 is 4.74 Å². The second-order valence-electron chi connectivity index (χ2n) is 3.35. The minimum absolute atomic E-state index is 0.134. The Morgan fingerprint density at radius 3 is 3.06 bits per heavy atom. The zero-order valence-corrected chi connectivity index (χ0v) is 8.99. The predicted octanol–water partition coefficient (Wildman–Crippen LogP) is 0.981. The highest BCUT2D eigenvalue weighted by molar-refractivity contribution is 5.78. The Bertz CT molecular complexity index is 536. The van der Waals surface area contributed by atoms with Gasteiger partial charge in [0, 0.05) is 13.7 Å². The maximum Gasteiger partial charge on any atom is 0.260 e. The average Bonchev–Trinajstić information content (AvgIpc) is 2.30. The molecule has 1 aromatic heterocycles. The second kappa shape index (κ2) is 4.76. The summed E-state index contributed by atoms with van der Waals surface area (Å²) in [5.74, 6) is 0.473. The van der Waals surface area contributed by atoms with Gasteiger partial charge in [0.2, 0.25) is 5.95 Å². The molecule has 84 valence electrons. The minimum atomic E-state index is -0.134. The van der Waals surface area contributed by atoms with E-state index >= 15 is 0 Å². The Balaban J connectivity index is 2.31. The molecule has 2 rings (SSSR count). The van der Waals surface area contributed by atoms with E-state index in [4.69, 9.17) is 4.74 Å². The zero-order chi connectivity index (χ0) is 11.4. The van der Waals surface area contributed by atoms with Crippen LogP contribution in [0.15, 0.2) is 29.1 Å². The topological polar surface area (TPSA) is 67.0 Å². The van der Waals surface area contributed by atoms with E-state index in [-0.39, 0.29) is 5.56 Å². The molecule has 16 heavy (non-hydrogen) atoms. The number of aromatic nitrogens is 2. The quantitative estimate of drug-likeness (QED) is 0.752. The van der Waals surface area contributed by atoms with Gasteiger partial charge in [-0.3, -0.25) is 9.78 Å². The van der Waals surface area contributed by atoms with Crippen molar-refractivity contribution in [2.24, 2.45) is 0 Å². The standard InChI is InChI=1S/C11H13N3O2/c1-16-7-6-12-11-13-9-5-3-2-4-8(9)10(15)14-11/h2-5H,6-7H2,1H3,(H2,12,13,14,15). The molecule has 0 saturated heterocycles. The molecule has 0 aliphatic carbocycles. The molecule has 0 bridgehead atoms. The summed E-state index contributed by atoms with van der Waals surface area (Å²) in [6.45, 7) is 1.17. The van der Waals surface area contributed by atoms with Crippen LogP contribution in [0.2, 0.25) is 0 Å². The van der Waals surface area contributed by atoms with E-state index in [9.17, 15) is 4.79 Å². The Labute approximate surface area is 92.5 Å². The van der Waals surface area contributed by atoms with Gasteiger partial charge in [-0.25, -0.2) is 4.98 Å². The fraction of sp³-hybridized carbons (Fsp3) is 0.273. The summed E-state index contributed by atoms with van der Waals surface area (Å²) in [4.78, 5) is 18.6. The fourth-order valence-corrected chi connectivity index (χ4v) is 1.44. The van der Waals surface area contributed by atoms with Gasteiger partial charge < -0.3 is 10.1 Å². The van der Waals surface area contributed by atoms with Gasteiger partial charge in [-0.2, -0.15) is 0 Å². The van der Waals surface area contributed by atoms with Gasteiger partial charge in [0.15, 0.2) is 0 Å². The molecular formula is C11H13N3O2. The molecule has 0 saturated carbocycles. The van der Waals surface area contributed by atoms with E-state index in [0.29, 0.717) is 30.0 Å². The van der Waals surface area contributed by atoms with E-state index in [1.165, 1.54) is 0 Å². The highest BCUT2D eigenvalue weighted by Crippen LogP contribution is 2.07. The van der Waals surface area contributed by atoms with E-state index in [2.05, 4.69) is 15.3 Å². The molecular weight excluding hydrogens is 206 g/mol. The molecule has 1 heterocycles. The fourth-order valence-electron chi connectivity index (χ4n) is 1.44. The van der Waals surface area contributed by atoms with Crippen molar-refractivity contribution in [3.05, 3.63) is 34.6 Å². The lowest BCUT2D eigenvalue weighted by Crippen LogP contribution is -2.15. The molecule has 0 spiro atoms. The van der Waals surface area contributed by atoms with Crippen LogP contribution in [-0.4, -0.2) is 30.2 Å². The molecule has 0 radical (unpaired) electrons. The van der Waals surface area contributed by atoms with E-state index < -0.39 is 0 Å². The van der Waals surface area contributed by atoms with Gasteiger partial charge in [-0.1, -0.05) is 12.1 Å². The van der Waals surface area contributed by atoms with Crippen molar-refractivity contribution >= 4 is 16.9 Å². The third-order valence-corrected chi connectivity index (χ3v) is 2.21. The Hall–Kier alpha value is -1.88. The van der Waals surface area contributed by atoms with Crippen LogP contribution >= 0.6 is 0 Å². The number of rotatable bonds is 4. The van der Waals surface area contributed by atoms with Gasteiger partial charge in [0.1, 0.15) is 0 Å². The lowest BCUT2D eigenvalue weighted by atomic mass is 10.2. The van der Waals surface area contributed by atoms with Crippen LogP contribution in [0.25, 0.3) is 10.9 Å². The van der Waals surface area contributed by atoms with Crippen molar-refractivity contribution in [1.29, 1.82) is 0 Å². The third kappa shape index (κ3) is 2.20. The monoisotopic (exact) mass is 219 g/mol. The van der Waals surface area contributed by atoms with Crippen molar-refractivity contribution in [3.63, 3.8) is 0 Å². The lowest BCUT2D eigenvalue weighted by Gasteiger charge is -2.05. The highest BCUT2D eigenvalue weighted by atomic mass is 16.5. The summed E-state index contributed by atoms with van der Waals surface area (Å²) in [7, 11) is 1.62. The Morgan fingerprint density at radius 2 is 2.25 bits per heavy atom. The summed E-state index contributed by atoms with van der Waals surface area (Å²) in [6, 6.07) is 7.23. The summed E-state index contributed by atoms with van der Waals surface area (Å²) in [6.07, 6.45) is 0. The van der Waals surface area contributed by atoms with Crippen LogP contribution in [0.3, 0.4) is 0 Å². The Morgan fingerprint density at radius 1 is 1.44 bits per heavy atom. The summed E-state index contributed by atoms with van der Waals surface area (Å²) in [5, 5.41) is 3.58. The molecule has 2 N–H and O–H groups in total. The first kappa shape index (κ1) is 10.6. The molecule has 0 fully saturated rings. The molecule has 2 aromatic rings. The molecule has 1 aromatic carbocycles. The highest BCUT2D eigenvalue weighted by Gasteiger charge is 2.01. The summed E-state index contributed by atoms with van der Waals surface area (Å²) >= 11 is 0. The summed E-state index contributed by atoms with van der Waals surface area (Å²) in [5.41, 5.74) is 0.552. The number of para-hydroxylation sites is 1. The largest absolute Gasteiger partial charge is 0.383 e.